The Morgan fingerprint density at radius 3 is 2.79 bits per heavy atom. The molecule has 8 heteroatoms. The van der Waals surface area contributed by atoms with Crippen LogP contribution in [0.4, 0.5) is 4.39 Å². The Balaban J connectivity index is 1.48. The first-order chi connectivity index (χ1) is 13.5. The molecule has 1 aromatic carbocycles. The van der Waals surface area contributed by atoms with Gasteiger partial charge in [-0.05, 0) is 35.6 Å². The molecular formula is C20H20FN3O3S. The minimum atomic E-state index is -0.574. The standard InChI is InChI=1S/C20H20FN3O3S/c21-16-3-1-2-14(10-16)11-23-12-18(25)24-8-7-22(6-4-17(24)20(23)27)19(26)15-5-9-28-13-15/h1-3,5,9-10,13,17H,4,6-8,11-12H2. The molecule has 2 aliphatic heterocycles. The number of carbonyl (C=O) groups excluding carboxylic acids is 3. The van der Waals surface area contributed by atoms with Crippen molar-refractivity contribution in [2.45, 2.75) is 19.0 Å². The second-order valence-electron chi connectivity index (χ2n) is 7.02. The fraction of sp³-hybridized carbons (Fsp3) is 0.350. The molecule has 3 amide bonds. The lowest BCUT2D eigenvalue weighted by atomic mass is 10.1. The van der Waals surface area contributed by atoms with Gasteiger partial charge < -0.3 is 14.7 Å². The summed E-state index contributed by atoms with van der Waals surface area (Å²) in [4.78, 5) is 43.0. The molecule has 0 aliphatic carbocycles. The molecule has 6 nitrogen and oxygen atoms in total. The predicted molar refractivity (Wildman–Crippen MR) is 102 cm³/mol. The third-order valence-electron chi connectivity index (χ3n) is 5.22. The molecule has 2 saturated heterocycles. The average Bonchev–Trinajstić information content (AvgIpc) is 3.11. The number of fused-ring (bicyclic) bond motifs is 1. The molecular weight excluding hydrogens is 381 g/mol. The molecule has 28 heavy (non-hydrogen) atoms. The summed E-state index contributed by atoms with van der Waals surface area (Å²) in [6, 6.07) is 7.25. The maximum Gasteiger partial charge on any atom is 0.254 e. The zero-order valence-corrected chi connectivity index (χ0v) is 16.0. The highest BCUT2D eigenvalue weighted by molar-refractivity contribution is 7.08. The van der Waals surface area contributed by atoms with E-state index in [0.29, 0.717) is 37.2 Å². The fourth-order valence-electron chi connectivity index (χ4n) is 3.79. The van der Waals surface area contributed by atoms with E-state index in [4.69, 9.17) is 0 Å². The molecule has 146 valence electrons. The molecule has 1 unspecified atom stereocenters. The third kappa shape index (κ3) is 3.64. The highest BCUT2D eigenvalue weighted by Gasteiger charge is 2.41. The van der Waals surface area contributed by atoms with Crippen LogP contribution in [0.1, 0.15) is 22.3 Å². The number of benzene rings is 1. The number of nitrogens with zero attached hydrogens (tertiary/aromatic N) is 3. The summed E-state index contributed by atoms with van der Waals surface area (Å²) in [5.74, 6) is -0.718. The van der Waals surface area contributed by atoms with Crippen molar-refractivity contribution in [2.24, 2.45) is 0 Å². The second-order valence-corrected chi connectivity index (χ2v) is 7.80. The van der Waals surface area contributed by atoms with E-state index in [1.807, 2.05) is 5.38 Å². The second kappa shape index (κ2) is 7.71. The van der Waals surface area contributed by atoms with Gasteiger partial charge in [0.1, 0.15) is 18.4 Å². The first-order valence-corrected chi connectivity index (χ1v) is 10.1. The van der Waals surface area contributed by atoms with Crippen LogP contribution in [-0.2, 0) is 16.1 Å². The number of halogens is 1. The topological polar surface area (TPSA) is 60.9 Å². The van der Waals surface area contributed by atoms with E-state index >= 15 is 0 Å². The normalized spacial score (nSPS) is 20.2. The van der Waals surface area contributed by atoms with Gasteiger partial charge in [0.15, 0.2) is 0 Å². The lowest BCUT2D eigenvalue weighted by Gasteiger charge is -2.39. The number of rotatable bonds is 3. The van der Waals surface area contributed by atoms with E-state index in [0.717, 1.165) is 0 Å². The molecule has 0 bridgehead atoms. The number of hydrogen-bond acceptors (Lipinski definition) is 4. The Bertz CT molecular complexity index is 902. The first kappa shape index (κ1) is 18.6. The molecule has 1 atom stereocenters. The largest absolute Gasteiger partial charge is 0.337 e. The monoisotopic (exact) mass is 401 g/mol. The molecule has 0 N–H and O–H groups in total. The van der Waals surface area contributed by atoms with Crippen LogP contribution < -0.4 is 0 Å². The van der Waals surface area contributed by atoms with Crippen LogP contribution in [0.5, 0.6) is 0 Å². The van der Waals surface area contributed by atoms with Crippen LogP contribution in [-0.4, -0.2) is 64.6 Å². The summed E-state index contributed by atoms with van der Waals surface area (Å²) in [7, 11) is 0. The van der Waals surface area contributed by atoms with Crippen molar-refractivity contribution in [3.8, 4) is 0 Å². The molecule has 0 radical (unpaired) electrons. The Morgan fingerprint density at radius 2 is 2.04 bits per heavy atom. The highest BCUT2D eigenvalue weighted by atomic mass is 32.1. The van der Waals surface area contributed by atoms with Crippen molar-refractivity contribution in [3.05, 3.63) is 58.0 Å². The summed E-state index contributed by atoms with van der Waals surface area (Å²) < 4.78 is 13.4. The van der Waals surface area contributed by atoms with Crippen molar-refractivity contribution in [1.29, 1.82) is 0 Å². The lowest BCUT2D eigenvalue weighted by Crippen LogP contribution is -2.59. The lowest BCUT2D eigenvalue weighted by molar-refractivity contribution is -0.156. The van der Waals surface area contributed by atoms with E-state index in [2.05, 4.69) is 0 Å². The fourth-order valence-corrected chi connectivity index (χ4v) is 4.42. The van der Waals surface area contributed by atoms with Crippen LogP contribution in [0, 0.1) is 5.82 Å². The molecule has 2 aromatic rings. The van der Waals surface area contributed by atoms with Gasteiger partial charge in [-0.1, -0.05) is 12.1 Å². The van der Waals surface area contributed by atoms with E-state index in [1.54, 1.807) is 33.4 Å². The molecule has 3 heterocycles. The number of piperazine rings is 1. The maximum absolute atomic E-state index is 13.4. The van der Waals surface area contributed by atoms with Crippen molar-refractivity contribution in [3.63, 3.8) is 0 Å². The number of carbonyl (C=O) groups is 3. The van der Waals surface area contributed by atoms with Crippen molar-refractivity contribution in [1.82, 2.24) is 14.7 Å². The SMILES string of the molecule is O=C(c1ccsc1)N1CCC2C(=O)N(Cc3cccc(F)c3)CC(=O)N2CC1. The summed E-state index contributed by atoms with van der Waals surface area (Å²) in [5, 5.41) is 3.66. The van der Waals surface area contributed by atoms with Gasteiger partial charge in [-0.2, -0.15) is 11.3 Å². The van der Waals surface area contributed by atoms with Gasteiger partial charge in [0.25, 0.3) is 5.91 Å². The molecule has 2 fully saturated rings. The molecule has 0 spiro atoms. The molecule has 0 saturated carbocycles. The minimum absolute atomic E-state index is 0.0235. The summed E-state index contributed by atoms with van der Waals surface area (Å²) >= 11 is 1.46. The summed E-state index contributed by atoms with van der Waals surface area (Å²) in [6.07, 6.45) is 0.403. The van der Waals surface area contributed by atoms with Gasteiger partial charge >= 0.3 is 0 Å². The van der Waals surface area contributed by atoms with Gasteiger partial charge in [0.05, 0.1) is 5.56 Å². The zero-order valence-electron chi connectivity index (χ0n) is 15.2. The molecule has 4 rings (SSSR count). The van der Waals surface area contributed by atoms with Gasteiger partial charge in [-0.3, -0.25) is 14.4 Å². The van der Waals surface area contributed by atoms with Crippen LogP contribution in [0.2, 0.25) is 0 Å². The zero-order chi connectivity index (χ0) is 19.7. The van der Waals surface area contributed by atoms with Gasteiger partial charge in [-0.25, -0.2) is 4.39 Å². The Kier molecular flexibility index (Phi) is 5.13. The Morgan fingerprint density at radius 1 is 1.18 bits per heavy atom. The van der Waals surface area contributed by atoms with Gasteiger partial charge in [0, 0.05) is 31.6 Å². The Hall–Kier alpha value is -2.74. The average molecular weight is 401 g/mol. The van der Waals surface area contributed by atoms with E-state index < -0.39 is 6.04 Å². The van der Waals surface area contributed by atoms with Crippen molar-refractivity contribution >= 4 is 29.1 Å². The third-order valence-corrected chi connectivity index (χ3v) is 5.90. The smallest absolute Gasteiger partial charge is 0.254 e. The van der Waals surface area contributed by atoms with E-state index in [9.17, 15) is 18.8 Å². The number of hydrogen-bond donors (Lipinski definition) is 0. The van der Waals surface area contributed by atoms with Gasteiger partial charge in [-0.15, -0.1) is 0 Å². The molecule has 2 aliphatic rings. The number of amides is 3. The van der Waals surface area contributed by atoms with Crippen molar-refractivity contribution < 1.29 is 18.8 Å². The highest BCUT2D eigenvalue weighted by Crippen LogP contribution is 2.22. The predicted octanol–water partition coefficient (Wildman–Crippen LogP) is 1.97. The molecule has 1 aromatic heterocycles. The summed E-state index contributed by atoms with van der Waals surface area (Å²) in [6.45, 7) is 1.35. The quantitative estimate of drug-likeness (QED) is 0.790. The number of thiophene rings is 1. The van der Waals surface area contributed by atoms with Crippen LogP contribution in [0.3, 0.4) is 0 Å². The van der Waals surface area contributed by atoms with E-state index in [-0.39, 0.29) is 36.6 Å². The Labute approximate surface area is 166 Å². The van der Waals surface area contributed by atoms with Crippen LogP contribution in [0.25, 0.3) is 0 Å². The van der Waals surface area contributed by atoms with Crippen molar-refractivity contribution in [2.75, 3.05) is 26.2 Å². The minimum Gasteiger partial charge on any atom is -0.337 e. The van der Waals surface area contributed by atoms with Gasteiger partial charge in [0.2, 0.25) is 11.8 Å². The van der Waals surface area contributed by atoms with Crippen LogP contribution in [0.15, 0.2) is 41.1 Å². The summed E-state index contributed by atoms with van der Waals surface area (Å²) in [5.41, 5.74) is 1.28. The van der Waals surface area contributed by atoms with Crippen LogP contribution >= 0.6 is 11.3 Å². The maximum atomic E-state index is 13.4. The van der Waals surface area contributed by atoms with E-state index in [1.165, 1.54) is 28.4 Å². The first-order valence-electron chi connectivity index (χ1n) is 9.17.